The number of hydrogen-bond acceptors (Lipinski definition) is 2. The molecule has 1 aromatic rings. The van der Waals surface area contributed by atoms with Gasteiger partial charge in [0.15, 0.2) is 0 Å². The van der Waals surface area contributed by atoms with E-state index >= 15 is 0 Å². The summed E-state index contributed by atoms with van der Waals surface area (Å²) < 4.78 is 0. The first kappa shape index (κ1) is 12.1. The van der Waals surface area contributed by atoms with Crippen LogP contribution in [-0.2, 0) is 4.79 Å². The molecule has 0 saturated heterocycles. The molecule has 0 radical (unpaired) electrons. The second kappa shape index (κ2) is 4.88. The Bertz CT molecular complexity index is 410. The van der Waals surface area contributed by atoms with E-state index < -0.39 is 18.0 Å². The number of carboxylic acids is 1. The molecule has 3 heteroatoms. The van der Waals surface area contributed by atoms with Crippen molar-refractivity contribution in [3.8, 4) is 0 Å². The highest BCUT2D eigenvalue weighted by Crippen LogP contribution is 2.40. The van der Waals surface area contributed by atoms with Gasteiger partial charge in [-0.25, -0.2) is 0 Å². The molecule has 2 unspecified atom stereocenters. The molecule has 2 atom stereocenters. The number of benzene rings is 1. The summed E-state index contributed by atoms with van der Waals surface area (Å²) in [6, 6.07) is 7.90. The Balaban J connectivity index is 2.05. The molecule has 0 amide bonds. The van der Waals surface area contributed by atoms with Crippen molar-refractivity contribution in [1.82, 2.24) is 0 Å². The van der Waals surface area contributed by atoms with Crippen molar-refractivity contribution in [2.24, 2.45) is 5.92 Å². The van der Waals surface area contributed by atoms with Gasteiger partial charge in [0.1, 0.15) is 0 Å². The fourth-order valence-electron chi connectivity index (χ4n) is 2.01. The first-order valence-electron chi connectivity index (χ1n) is 6.08. The highest BCUT2D eigenvalue weighted by atomic mass is 16.4. The fraction of sp³-hybridized carbons (Fsp3) is 0.500. The molecule has 0 spiro atoms. The second-order valence-corrected chi connectivity index (χ2v) is 4.94. The Morgan fingerprint density at radius 3 is 2.76 bits per heavy atom. The molecule has 1 aliphatic rings. The number of aliphatic carboxylic acids is 1. The van der Waals surface area contributed by atoms with Gasteiger partial charge in [-0.05, 0) is 36.3 Å². The normalized spacial score (nSPS) is 18.7. The number of rotatable bonds is 5. The third-order valence-corrected chi connectivity index (χ3v) is 3.34. The minimum atomic E-state index is -0.859. The van der Waals surface area contributed by atoms with Crippen LogP contribution in [0.4, 0.5) is 0 Å². The predicted octanol–water partition coefficient (Wildman–Crippen LogP) is 2.71. The molecular formula is C14H18O3. The third-order valence-electron chi connectivity index (χ3n) is 3.34. The average Bonchev–Trinajstić information content (AvgIpc) is 3.12. The monoisotopic (exact) mass is 234 g/mol. The number of aliphatic hydroxyl groups is 1. The fourth-order valence-corrected chi connectivity index (χ4v) is 2.01. The molecule has 0 heterocycles. The Morgan fingerprint density at radius 2 is 2.18 bits per heavy atom. The predicted molar refractivity (Wildman–Crippen MR) is 64.8 cm³/mol. The summed E-state index contributed by atoms with van der Waals surface area (Å²) in [7, 11) is 0. The first-order valence-corrected chi connectivity index (χ1v) is 6.08. The first-order chi connectivity index (χ1) is 8.08. The van der Waals surface area contributed by atoms with E-state index in [2.05, 4.69) is 6.07 Å². The standard InChI is InChI=1S/C14H18O3/c1-9(14(16)17)7-13(15)12-4-2-3-11(8-12)10-5-6-10/h2-4,8-10,13,15H,5-7H2,1H3,(H,16,17). The molecule has 1 saturated carbocycles. The zero-order valence-corrected chi connectivity index (χ0v) is 9.97. The van der Waals surface area contributed by atoms with E-state index in [0.717, 1.165) is 5.56 Å². The van der Waals surface area contributed by atoms with Gasteiger partial charge in [0.25, 0.3) is 0 Å². The number of carboxylic acid groups (broad SMARTS) is 1. The number of carbonyl (C=O) groups is 1. The summed E-state index contributed by atoms with van der Waals surface area (Å²) in [5, 5.41) is 18.8. The third kappa shape index (κ3) is 3.07. The van der Waals surface area contributed by atoms with Gasteiger partial charge < -0.3 is 10.2 Å². The summed E-state index contributed by atoms with van der Waals surface area (Å²) in [6.07, 6.45) is 2.04. The van der Waals surface area contributed by atoms with Crippen LogP contribution in [0, 0.1) is 5.92 Å². The maximum absolute atomic E-state index is 10.7. The van der Waals surface area contributed by atoms with Gasteiger partial charge in [-0.1, -0.05) is 31.2 Å². The van der Waals surface area contributed by atoms with Crippen LogP contribution >= 0.6 is 0 Å². The van der Waals surface area contributed by atoms with Crippen molar-refractivity contribution in [3.05, 3.63) is 35.4 Å². The lowest BCUT2D eigenvalue weighted by Crippen LogP contribution is -2.13. The quantitative estimate of drug-likeness (QED) is 0.823. The summed E-state index contributed by atoms with van der Waals surface area (Å²) in [4.78, 5) is 10.7. The van der Waals surface area contributed by atoms with Crippen molar-refractivity contribution in [2.75, 3.05) is 0 Å². The van der Waals surface area contributed by atoms with Crippen LogP contribution in [0.25, 0.3) is 0 Å². The number of aliphatic hydroxyl groups excluding tert-OH is 1. The lowest BCUT2D eigenvalue weighted by atomic mass is 9.96. The molecule has 1 aromatic carbocycles. The van der Waals surface area contributed by atoms with Crippen molar-refractivity contribution in [2.45, 2.75) is 38.2 Å². The Morgan fingerprint density at radius 1 is 1.47 bits per heavy atom. The summed E-state index contributed by atoms with van der Waals surface area (Å²) in [5.41, 5.74) is 2.10. The van der Waals surface area contributed by atoms with Crippen molar-refractivity contribution in [1.29, 1.82) is 0 Å². The van der Waals surface area contributed by atoms with Gasteiger partial charge in [0.05, 0.1) is 12.0 Å². The largest absolute Gasteiger partial charge is 0.481 e. The molecular weight excluding hydrogens is 216 g/mol. The zero-order valence-electron chi connectivity index (χ0n) is 9.97. The van der Waals surface area contributed by atoms with E-state index in [1.807, 2.05) is 18.2 Å². The van der Waals surface area contributed by atoms with Gasteiger partial charge in [-0.15, -0.1) is 0 Å². The maximum atomic E-state index is 10.7. The molecule has 0 aliphatic heterocycles. The Hall–Kier alpha value is -1.35. The molecule has 3 nitrogen and oxygen atoms in total. The SMILES string of the molecule is CC(CC(O)c1cccc(C2CC2)c1)C(=O)O. The van der Waals surface area contributed by atoms with Crippen LogP contribution < -0.4 is 0 Å². The summed E-state index contributed by atoms with van der Waals surface area (Å²) in [5.74, 6) is -0.726. The van der Waals surface area contributed by atoms with Crippen LogP contribution in [0.2, 0.25) is 0 Å². The molecule has 0 aromatic heterocycles. The highest BCUT2D eigenvalue weighted by Gasteiger charge is 2.24. The molecule has 92 valence electrons. The van der Waals surface area contributed by atoms with E-state index in [1.54, 1.807) is 6.92 Å². The molecule has 2 rings (SSSR count). The molecule has 0 bridgehead atoms. The van der Waals surface area contributed by atoms with Gasteiger partial charge >= 0.3 is 5.97 Å². The van der Waals surface area contributed by atoms with Gasteiger partial charge in [-0.3, -0.25) is 4.79 Å². The van der Waals surface area contributed by atoms with E-state index in [9.17, 15) is 9.90 Å². The van der Waals surface area contributed by atoms with E-state index in [4.69, 9.17) is 5.11 Å². The molecule has 1 fully saturated rings. The highest BCUT2D eigenvalue weighted by molar-refractivity contribution is 5.69. The van der Waals surface area contributed by atoms with Crippen molar-refractivity contribution < 1.29 is 15.0 Å². The van der Waals surface area contributed by atoms with Gasteiger partial charge in [0.2, 0.25) is 0 Å². The van der Waals surface area contributed by atoms with Crippen LogP contribution in [0.5, 0.6) is 0 Å². The Kier molecular flexibility index (Phi) is 3.48. The second-order valence-electron chi connectivity index (χ2n) is 4.94. The van der Waals surface area contributed by atoms with Crippen LogP contribution in [-0.4, -0.2) is 16.2 Å². The molecule has 17 heavy (non-hydrogen) atoms. The van der Waals surface area contributed by atoms with E-state index in [1.165, 1.54) is 18.4 Å². The van der Waals surface area contributed by atoms with Crippen LogP contribution in [0.3, 0.4) is 0 Å². The lowest BCUT2D eigenvalue weighted by Gasteiger charge is -2.14. The van der Waals surface area contributed by atoms with Crippen molar-refractivity contribution >= 4 is 5.97 Å². The van der Waals surface area contributed by atoms with Crippen LogP contribution in [0.15, 0.2) is 24.3 Å². The minimum Gasteiger partial charge on any atom is -0.481 e. The Labute approximate surface area is 101 Å². The zero-order chi connectivity index (χ0) is 12.4. The molecule has 2 N–H and O–H groups in total. The van der Waals surface area contributed by atoms with Crippen molar-refractivity contribution in [3.63, 3.8) is 0 Å². The van der Waals surface area contributed by atoms with E-state index in [0.29, 0.717) is 5.92 Å². The summed E-state index contributed by atoms with van der Waals surface area (Å²) >= 11 is 0. The number of hydrogen-bond donors (Lipinski definition) is 2. The van der Waals surface area contributed by atoms with Crippen LogP contribution in [0.1, 0.15) is 49.3 Å². The lowest BCUT2D eigenvalue weighted by molar-refractivity contribution is -0.142. The summed E-state index contributed by atoms with van der Waals surface area (Å²) in [6.45, 7) is 1.62. The average molecular weight is 234 g/mol. The maximum Gasteiger partial charge on any atom is 0.306 e. The smallest absolute Gasteiger partial charge is 0.306 e. The topological polar surface area (TPSA) is 57.5 Å². The molecule has 1 aliphatic carbocycles. The van der Waals surface area contributed by atoms with Gasteiger partial charge in [0, 0.05) is 0 Å². The van der Waals surface area contributed by atoms with Gasteiger partial charge in [-0.2, -0.15) is 0 Å². The van der Waals surface area contributed by atoms with E-state index in [-0.39, 0.29) is 6.42 Å². The minimum absolute atomic E-state index is 0.267.